The molecular weight excluding hydrogens is 220 g/mol. The molecule has 0 aliphatic heterocycles. The molecule has 17 heavy (non-hydrogen) atoms. The van der Waals surface area contributed by atoms with E-state index < -0.39 is 11.6 Å². The van der Waals surface area contributed by atoms with Crippen molar-refractivity contribution in [2.24, 2.45) is 11.8 Å². The lowest BCUT2D eigenvalue weighted by Gasteiger charge is -2.19. The molecule has 0 spiro atoms. The standard InChI is InChI=1S/C14H19F2N/c1-3-7-17-14(11-8-9(11)2)10-5-4-6-12(15)13(10)16/h4-6,9,11,14,17H,3,7-8H2,1-2H3. The highest BCUT2D eigenvalue weighted by Crippen LogP contribution is 2.47. The summed E-state index contributed by atoms with van der Waals surface area (Å²) in [5, 5.41) is 3.34. The quantitative estimate of drug-likeness (QED) is 0.826. The van der Waals surface area contributed by atoms with Crippen LogP contribution in [0.15, 0.2) is 18.2 Å². The van der Waals surface area contributed by atoms with Gasteiger partial charge in [0.15, 0.2) is 11.6 Å². The van der Waals surface area contributed by atoms with Crippen molar-refractivity contribution in [3.63, 3.8) is 0 Å². The highest BCUT2D eigenvalue weighted by atomic mass is 19.2. The van der Waals surface area contributed by atoms with Gasteiger partial charge in [-0.25, -0.2) is 8.78 Å². The van der Waals surface area contributed by atoms with Crippen molar-refractivity contribution in [2.45, 2.75) is 32.7 Å². The zero-order valence-corrected chi connectivity index (χ0v) is 10.3. The maximum absolute atomic E-state index is 13.8. The molecule has 2 rings (SSSR count). The predicted molar refractivity (Wildman–Crippen MR) is 64.7 cm³/mol. The third-order valence-corrected chi connectivity index (χ3v) is 3.53. The lowest BCUT2D eigenvalue weighted by atomic mass is 10.00. The van der Waals surface area contributed by atoms with Gasteiger partial charge >= 0.3 is 0 Å². The van der Waals surface area contributed by atoms with Gasteiger partial charge in [-0.3, -0.25) is 0 Å². The predicted octanol–water partition coefficient (Wildman–Crippen LogP) is 3.66. The molecule has 3 heteroatoms. The van der Waals surface area contributed by atoms with Gasteiger partial charge in [-0.2, -0.15) is 0 Å². The summed E-state index contributed by atoms with van der Waals surface area (Å²) in [5.41, 5.74) is 0.479. The van der Waals surface area contributed by atoms with E-state index in [4.69, 9.17) is 0 Å². The Labute approximate surface area is 101 Å². The minimum Gasteiger partial charge on any atom is -0.310 e. The molecule has 0 bridgehead atoms. The van der Waals surface area contributed by atoms with Gasteiger partial charge in [-0.1, -0.05) is 26.0 Å². The average molecular weight is 239 g/mol. The van der Waals surface area contributed by atoms with Crippen molar-refractivity contribution in [1.29, 1.82) is 0 Å². The van der Waals surface area contributed by atoms with E-state index >= 15 is 0 Å². The van der Waals surface area contributed by atoms with E-state index in [1.807, 2.05) is 0 Å². The number of nitrogens with one attached hydrogen (secondary N) is 1. The zero-order valence-electron chi connectivity index (χ0n) is 10.3. The summed E-state index contributed by atoms with van der Waals surface area (Å²) in [7, 11) is 0. The number of hydrogen-bond acceptors (Lipinski definition) is 1. The Kier molecular flexibility index (Phi) is 3.77. The van der Waals surface area contributed by atoms with Gasteiger partial charge in [-0.05, 0) is 37.3 Å². The van der Waals surface area contributed by atoms with Crippen LogP contribution in [0.3, 0.4) is 0 Å². The Morgan fingerprint density at radius 1 is 1.41 bits per heavy atom. The molecule has 1 N–H and O–H groups in total. The van der Waals surface area contributed by atoms with E-state index in [1.165, 1.54) is 6.07 Å². The Balaban J connectivity index is 2.22. The molecule has 94 valence electrons. The van der Waals surface area contributed by atoms with E-state index in [1.54, 1.807) is 12.1 Å². The smallest absolute Gasteiger partial charge is 0.163 e. The Bertz CT molecular complexity index is 392. The molecule has 0 radical (unpaired) electrons. The Hall–Kier alpha value is -0.960. The number of rotatable bonds is 5. The van der Waals surface area contributed by atoms with Crippen molar-refractivity contribution >= 4 is 0 Å². The lowest BCUT2D eigenvalue weighted by molar-refractivity contribution is 0.424. The van der Waals surface area contributed by atoms with E-state index in [0.29, 0.717) is 17.4 Å². The molecular formula is C14H19F2N. The van der Waals surface area contributed by atoms with Crippen LogP contribution in [0.25, 0.3) is 0 Å². The minimum atomic E-state index is -0.751. The summed E-state index contributed by atoms with van der Waals surface area (Å²) in [6.07, 6.45) is 2.09. The van der Waals surface area contributed by atoms with Gasteiger partial charge in [0.2, 0.25) is 0 Å². The third-order valence-electron chi connectivity index (χ3n) is 3.53. The topological polar surface area (TPSA) is 12.0 Å². The van der Waals surface area contributed by atoms with Crippen molar-refractivity contribution in [3.8, 4) is 0 Å². The maximum Gasteiger partial charge on any atom is 0.163 e. The van der Waals surface area contributed by atoms with Crippen LogP contribution in [0.2, 0.25) is 0 Å². The van der Waals surface area contributed by atoms with Gasteiger partial charge in [0, 0.05) is 11.6 Å². The molecule has 1 aromatic carbocycles. The second kappa shape index (κ2) is 5.13. The summed E-state index contributed by atoms with van der Waals surface area (Å²) < 4.78 is 27.0. The van der Waals surface area contributed by atoms with Crippen LogP contribution in [-0.4, -0.2) is 6.54 Å². The van der Waals surface area contributed by atoms with Crippen LogP contribution in [0.5, 0.6) is 0 Å². The Morgan fingerprint density at radius 2 is 2.12 bits per heavy atom. The SMILES string of the molecule is CCCNC(c1cccc(F)c1F)C1CC1C. The van der Waals surface area contributed by atoms with Crippen LogP contribution in [-0.2, 0) is 0 Å². The molecule has 1 saturated carbocycles. The van der Waals surface area contributed by atoms with Crippen molar-refractivity contribution in [2.75, 3.05) is 6.54 Å². The highest BCUT2D eigenvalue weighted by molar-refractivity contribution is 5.24. The van der Waals surface area contributed by atoms with Crippen LogP contribution in [0, 0.1) is 23.5 Å². The molecule has 1 aliphatic carbocycles. The first-order valence-electron chi connectivity index (χ1n) is 6.32. The molecule has 0 saturated heterocycles. The van der Waals surface area contributed by atoms with Gasteiger partial charge in [0.05, 0.1) is 0 Å². The largest absolute Gasteiger partial charge is 0.310 e. The van der Waals surface area contributed by atoms with Gasteiger partial charge in [-0.15, -0.1) is 0 Å². The fraction of sp³-hybridized carbons (Fsp3) is 0.571. The highest BCUT2D eigenvalue weighted by Gasteiger charge is 2.41. The first-order chi connectivity index (χ1) is 8.15. The van der Waals surface area contributed by atoms with Crippen molar-refractivity contribution in [3.05, 3.63) is 35.4 Å². The molecule has 1 fully saturated rings. The van der Waals surface area contributed by atoms with Crippen molar-refractivity contribution in [1.82, 2.24) is 5.32 Å². The summed E-state index contributed by atoms with van der Waals surface area (Å²) in [5.74, 6) is -0.399. The summed E-state index contributed by atoms with van der Waals surface area (Å²) in [6.45, 7) is 5.06. The maximum atomic E-state index is 13.8. The van der Waals surface area contributed by atoms with Crippen LogP contribution in [0.4, 0.5) is 8.78 Å². The fourth-order valence-electron chi connectivity index (χ4n) is 2.37. The van der Waals surface area contributed by atoms with E-state index in [2.05, 4.69) is 19.2 Å². The molecule has 3 unspecified atom stereocenters. The molecule has 0 heterocycles. The zero-order chi connectivity index (χ0) is 12.4. The second-order valence-electron chi connectivity index (χ2n) is 4.95. The molecule has 0 amide bonds. The third kappa shape index (κ3) is 2.65. The number of benzene rings is 1. The number of halogens is 2. The van der Waals surface area contributed by atoms with Gasteiger partial charge in [0.1, 0.15) is 0 Å². The molecule has 1 aliphatic rings. The van der Waals surface area contributed by atoms with Crippen molar-refractivity contribution < 1.29 is 8.78 Å². The van der Waals surface area contributed by atoms with Gasteiger partial charge < -0.3 is 5.32 Å². The number of hydrogen-bond donors (Lipinski definition) is 1. The first-order valence-corrected chi connectivity index (χ1v) is 6.32. The molecule has 1 nitrogen and oxygen atoms in total. The molecule has 0 aromatic heterocycles. The lowest BCUT2D eigenvalue weighted by Crippen LogP contribution is -2.25. The van der Waals surface area contributed by atoms with E-state index in [0.717, 1.165) is 19.4 Å². The summed E-state index contributed by atoms with van der Waals surface area (Å²) >= 11 is 0. The second-order valence-corrected chi connectivity index (χ2v) is 4.95. The molecule has 1 aromatic rings. The Morgan fingerprint density at radius 3 is 2.71 bits per heavy atom. The van der Waals surface area contributed by atoms with Gasteiger partial charge in [0.25, 0.3) is 0 Å². The van der Waals surface area contributed by atoms with Crippen LogP contribution in [0.1, 0.15) is 38.3 Å². The fourth-order valence-corrected chi connectivity index (χ4v) is 2.37. The van der Waals surface area contributed by atoms with E-state index in [-0.39, 0.29) is 6.04 Å². The molecule has 3 atom stereocenters. The monoisotopic (exact) mass is 239 g/mol. The summed E-state index contributed by atoms with van der Waals surface area (Å²) in [6, 6.07) is 4.41. The minimum absolute atomic E-state index is 0.0411. The van der Waals surface area contributed by atoms with E-state index in [9.17, 15) is 8.78 Å². The average Bonchev–Trinajstić information content (AvgIpc) is 3.02. The van der Waals surface area contributed by atoms with Crippen LogP contribution >= 0.6 is 0 Å². The summed E-state index contributed by atoms with van der Waals surface area (Å²) in [4.78, 5) is 0. The first kappa shape index (κ1) is 12.5. The van der Waals surface area contributed by atoms with Crippen LogP contribution < -0.4 is 5.32 Å². The normalized spacial score (nSPS) is 24.7.